The molecule has 5 rings (SSSR count). The zero-order valence-corrected chi connectivity index (χ0v) is 20.6. The zero-order valence-electron chi connectivity index (χ0n) is 20.6. The van der Waals surface area contributed by atoms with Crippen LogP contribution in [0.4, 0.5) is 5.82 Å². The Kier molecular flexibility index (Phi) is 7.38. The Morgan fingerprint density at radius 2 is 1.83 bits per heavy atom. The molecule has 2 aliphatic heterocycles. The van der Waals surface area contributed by atoms with E-state index >= 15 is 0 Å². The van der Waals surface area contributed by atoms with Crippen LogP contribution in [0.1, 0.15) is 53.6 Å². The molecule has 3 aromatic rings. The lowest BCUT2D eigenvalue weighted by Crippen LogP contribution is -2.45. The molecule has 2 aliphatic rings. The van der Waals surface area contributed by atoms with Gasteiger partial charge in [0.2, 0.25) is 0 Å². The van der Waals surface area contributed by atoms with E-state index in [2.05, 4.69) is 39.2 Å². The summed E-state index contributed by atoms with van der Waals surface area (Å²) in [5.41, 5.74) is 5.21. The van der Waals surface area contributed by atoms with Crippen LogP contribution in [0.3, 0.4) is 0 Å². The van der Waals surface area contributed by atoms with E-state index in [0.29, 0.717) is 5.56 Å². The molecule has 0 bridgehead atoms. The summed E-state index contributed by atoms with van der Waals surface area (Å²) in [6.45, 7) is 7.27. The summed E-state index contributed by atoms with van der Waals surface area (Å²) < 4.78 is 0. The van der Waals surface area contributed by atoms with Gasteiger partial charge in [0.25, 0.3) is 5.91 Å². The van der Waals surface area contributed by atoms with Gasteiger partial charge in [0, 0.05) is 55.4 Å². The maximum atomic E-state index is 13.0. The topological polar surface area (TPSA) is 61.4 Å². The number of anilines is 1. The molecule has 6 nitrogen and oxygen atoms in total. The van der Waals surface area contributed by atoms with Gasteiger partial charge in [-0.15, -0.1) is 0 Å². The van der Waals surface area contributed by atoms with Crippen LogP contribution in [0, 0.1) is 6.92 Å². The van der Waals surface area contributed by atoms with Crippen molar-refractivity contribution < 1.29 is 4.79 Å². The second-order valence-corrected chi connectivity index (χ2v) is 9.87. The maximum absolute atomic E-state index is 13.0. The third-order valence-electron chi connectivity index (χ3n) is 7.29. The van der Waals surface area contributed by atoms with Crippen LogP contribution in [0.2, 0.25) is 0 Å². The van der Waals surface area contributed by atoms with E-state index in [0.717, 1.165) is 55.0 Å². The second kappa shape index (κ2) is 11.0. The Morgan fingerprint density at radius 3 is 2.54 bits per heavy atom. The summed E-state index contributed by atoms with van der Waals surface area (Å²) in [6.07, 6.45) is 11.5. The molecule has 0 saturated carbocycles. The van der Waals surface area contributed by atoms with Crippen molar-refractivity contribution in [2.45, 2.75) is 51.6 Å². The summed E-state index contributed by atoms with van der Waals surface area (Å²) in [4.78, 5) is 26.8. The van der Waals surface area contributed by atoms with E-state index in [1.807, 2.05) is 42.7 Å². The lowest BCUT2D eigenvalue weighted by atomic mass is 9.98. The monoisotopic (exact) mass is 469 g/mol. The largest absolute Gasteiger partial charge is 0.356 e. The van der Waals surface area contributed by atoms with Crippen LogP contribution in [0.5, 0.6) is 0 Å². The second-order valence-electron chi connectivity index (χ2n) is 9.87. The van der Waals surface area contributed by atoms with Gasteiger partial charge < -0.3 is 10.2 Å². The quantitative estimate of drug-likeness (QED) is 0.560. The molecule has 182 valence electrons. The van der Waals surface area contributed by atoms with Crippen LogP contribution in [0.15, 0.2) is 61.1 Å². The first-order chi connectivity index (χ1) is 17.2. The van der Waals surface area contributed by atoms with Crippen LogP contribution < -0.4 is 10.2 Å². The van der Waals surface area contributed by atoms with Crippen molar-refractivity contribution in [2.75, 3.05) is 31.1 Å². The van der Waals surface area contributed by atoms with Crippen LogP contribution in [-0.4, -0.2) is 53.0 Å². The number of piperidine rings is 2. The molecule has 35 heavy (non-hydrogen) atoms. The normalized spacial score (nSPS) is 17.3. The third-order valence-corrected chi connectivity index (χ3v) is 7.29. The number of aromatic nitrogens is 2. The van der Waals surface area contributed by atoms with Crippen LogP contribution in [0.25, 0.3) is 11.1 Å². The number of nitrogens with one attached hydrogen (secondary N) is 1. The molecule has 1 aromatic carbocycles. The van der Waals surface area contributed by atoms with E-state index in [-0.39, 0.29) is 11.9 Å². The van der Waals surface area contributed by atoms with Crippen molar-refractivity contribution in [1.82, 2.24) is 20.2 Å². The molecule has 0 atom stereocenters. The first-order valence-corrected chi connectivity index (χ1v) is 12.9. The minimum Gasteiger partial charge on any atom is -0.356 e. The Balaban J connectivity index is 1.14. The van der Waals surface area contributed by atoms with Gasteiger partial charge in [-0.05, 0) is 86.7 Å². The summed E-state index contributed by atoms with van der Waals surface area (Å²) in [6, 6.07) is 14.4. The Bertz CT molecular complexity index is 1120. The molecule has 6 heteroatoms. The number of amides is 1. The van der Waals surface area contributed by atoms with Crippen LogP contribution >= 0.6 is 0 Å². The number of nitrogens with zero attached hydrogens (tertiary/aromatic N) is 4. The molecule has 1 N–H and O–H groups in total. The minimum absolute atomic E-state index is 0.00576. The zero-order chi connectivity index (χ0) is 24.0. The highest BCUT2D eigenvalue weighted by atomic mass is 16.1. The van der Waals surface area contributed by atoms with Gasteiger partial charge in [-0.25, -0.2) is 4.98 Å². The molecule has 0 unspecified atom stereocenters. The van der Waals surface area contributed by atoms with Gasteiger partial charge in [-0.3, -0.25) is 14.7 Å². The molecule has 0 spiro atoms. The van der Waals surface area contributed by atoms with E-state index in [4.69, 9.17) is 4.98 Å². The van der Waals surface area contributed by atoms with Gasteiger partial charge in [-0.2, -0.15) is 0 Å². The lowest BCUT2D eigenvalue weighted by molar-refractivity contribution is 0.0931. The van der Waals surface area contributed by atoms with E-state index in [9.17, 15) is 4.79 Å². The SMILES string of the molecule is Cc1ccc(C(=O)NC2CCN(c3ccc(CN4CCCCC4)cn3)CC2)cc1-c1cccnc1. The Hall–Kier alpha value is -3.25. The number of aryl methyl sites for hydroxylation is 1. The number of rotatable bonds is 6. The Labute approximate surface area is 208 Å². The predicted octanol–water partition coefficient (Wildman–Crippen LogP) is 4.84. The number of likely N-dealkylation sites (tertiary alicyclic amines) is 1. The van der Waals surface area contributed by atoms with Crippen molar-refractivity contribution in [2.24, 2.45) is 0 Å². The van der Waals surface area contributed by atoms with Gasteiger partial charge in [0.15, 0.2) is 0 Å². The number of hydrogen-bond acceptors (Lipinski definition) is 5. The van der Waals surface area contributed by atoms with Gasteiger partial charge >= 0.3 is 0 Å². The first kappa shape index (κ1) is 23.5. The molecule has 4 heterocycles. The number of hydrogen-bond donors (Lipinski definition) is 1. The lowest BCUT2D eigenvalue weighted by Gasteiger charge is -2.33. The Morgan fingerprint density at radius 1 is 1.00 bits per heavy atom. The number of benzene rings is 1. The molecule has 0 aliphatic carbocycles. The standard InChI is InChI=1S/C29H35N5O/c1-22-7-9-24(18-27(22)25-6-5-13-30-20-25)29(35)32-26-11-16-34(17-12-26)28-10-8-23(19-31-28)21-33-14-3-2-4-15-33/h5-10,13,18-20,26H,2-4,11-12,14-17,21H2,1H3,(H,32,35). The number of carbonyl (C=O) groups is 1. The molecular formula is C29H35N5O. The average Bonchev–Trinajstić information content (AvgIpc) is 2.91. The van der Waals surface area contributed by atoms with Crippen molar-refractivity contribution in [3.05, 3.63) is 77.7 Å². The smallest absolute Gasteiger partial charge is 0.251 e. The fourth-order valence-corrected chi connectivity index (χ4v) is 5.19. The summed E-state index contributed by atoms with van der Waals surface area (Å²) in [7, 11) is 0. The molecule has 2 aromatic heterocycles. The van der Waals surface area contributed by atoms with Crippen molar-refractivity contribution >= 4 is 11.7 Å². The minimum atomic E-state index is -0.00576. The number of carbonyl (C=O) groups excluding carboxylic acids is 1. The summed E-state index contributed by atoms with van der Waals surface area (Å²) >= 11 is 0. The molecule has 2 saturated heterocycles. The fraction of sp³-hybridized carbons (Fsp3) is 0.414. The highest BCUT2D eigenvalue weighted by Gasteiger charge is 2.22. The number of pyridine rings is 2. The maximum Gasteiger partial charge on any atom is 0.251 e. The molecule has 0 radical (unpaired) electrons. The molecule has 2 fully saturated rings. The van der Waals surface area contributed by atoms with Crippen molar-refractivity contribution in [3.63, 3.8) is 0 Å². The first-order valence-electron chi connectivity index (χ1n) is 12.9. The van der Waals surface area contributed by atoms with Gasteiger partial charge in [-0.1, -0.05) is 24.6 Å². The van der Waals surface area contributed by atoms with E-state index < -0.39 is 0 Å². The van der Waals surface area contributed by atoms with E-state index in [1.54, 1.807) is 6.20 Å². The van der Waals surface area contributed by atoms with Crippen molar-refractivity contribution in [1.29, 1.82) is 0 Å². The van der Waals surface area contributed by atoms with Gasteiger partial charge in [0.05, 0.1) is 0 Å². The fourth-order valence-electron chi connectivity index (χ4n) is 5.19. The predicted molar refractivity (Wildman–Crippen MR) is 140 cm³/mol. The average molecular weight is 470 g/mol. The summed E-state index contributed by atoms with van der Waals surface area (Å²) in [5.74, 6) is 1.03. The molecular weight excluding hydrogens is 434 g/mol. The third kappa shape index (κ3) is 5.88. The highest BCUT2D eigenvalue weighted by Crippen LogP contribution is 2.24. The van der Waals surface area contributed by atoms with Crippen molar-refractivity contribution in [3.8, 4) is 11.1 Å². The van der Waals surface area contributed by atoms with Gasteiger partial charge in [0.1, 0.15) is 5.82 Å². The molecule has 1 amide bonds. The van der Waals surface area contributed by atoms with E-state index in [1.165, 1.54) is 37.9 Å². The summed E-state index contributed by atoms with van der Waals surface area (Å²) in [5, 5.41) is 3.25. The van der Waals surface area contributed by atoms with Crippen LogP contribution in [-0.2, 0) is 6.54 Å². The highest BCUT2D eigenvalue weighted by molar-refractivity contribution is 5.96.